The van der Waals surface area contributed by atoms with Crippen molar-refractivity contribution in [3.05, 3.63) is 34.6 Å². The molecule has 0 spiro atoms. The second kappa shape index (κ2) is 8.02. The number of halogens is 2. The first-order valence-corrected chi connectivity index (χ1v) is 9.64. The summed E-state index contributed by atoms with van der Waals surface area (Å²) in [5.41, 5.74) is -0.515. The number of carboxylic acids is 1. The lowest BCUT2D eigenvalue weighted by molar-refractivity contribution is -0.147. The van der Waals surface area contributed by atoms with E-state index in [2.05, 4.69) is 10.2 Å². The standard InChI is InChI=1S/C19H25ClFN3O3/c1-19(17(25)26)7-10-24(12-19)18(27)22-11-15(23-8-2-3-9-23)16-13(20)5-4-6-14(16)21/h4-6,15H,2-3,7-12H2,1H3,(H,22,27)(H,25,26). The van der Waals surface area contributed by atoms with E-state index in [9.17, 15) is 19.1 Å². The van der Waals surface area contributed by atoms with Gasteiger partial charge in [0.05, 0.1) is 11.5 Å². The van der Waals surface area contributed by atoms with Gasteiger partial charge in [0.25, 0.3) is 0 Å². The summed E-state index contributed by atoms with van der Waals surface area (Å²) in [4.78, 5) is 27.6. The average Bonchev–Trinajstić information content (AvgIpc) is 3.27. The molecule has 2 aliphatic heterocycles. The summed E-state index contributed by atoms with van der Waals surface area (Å²) in [6.07, 6.45) is 2.48. The molecule has 2 amide bonds. The molecule has 1 aromatic carbocycles. The second-order valence-electron chi connectivity index (χ2n) is 7.62. The van der Waals surface area contributed by atoms with Crippen molar-refractivity contribution >= 4 is 23.6 Å². The number of carbonyl (C=O) groups is 2. The summed E-state index contributed by atoms with van der Waals surface area (Å²) >= 11 is 6.26. The number of likely N-dealkylation sites (tertiary alicyclic amines) is 2. The number of benzene rings is 1. The molecule has 2 aliphatic rings. The van der Waals surface area contributed by atoms with Crippen LogP contribution in [0.4, 0.5) is 9.18 Å². The summed E-state index contributed by atoms with van der Waals surface area (Å²) in [7, 11) is 0. The lowest BCUT2D eigenvalue weighted by Crippen LogP contribution is -2.44. The van der Waals surface area contributed by atoms with Gasteiger partial charge in [-0.3, -0.25) is 9.69 Å². The van der Waals surface area contributed by atoms with Crippen LogP contribution in [0.2, 0.25) is 5.02 Å². The van der Waals surface area contributed by atoms with Crippen molar-refractivity contribution < 1.29 is 19.1 Å². The van der Waals surface area contributed by atoms with Crippen molar-refractivity contribution in [2.75, 3.05) is 32.7 Å². The van der Waals surface area contributed by atoms with E-state index in [4.69, 9.17) is 11.6 Å². The van der Waals surface area contributed by atoms with E-state index in [0.29, 0.717) is 23.6 Å². The molecule has 0 aliphatic carbocycles. The van der Waals surface area contributed by atoms with Crippen LogP contribution in [0.25, 0.3) is 0 Å². The number of urea groups is 1. The Morgan fingerprint density at radius 3 is 2.63 bits per heavy atom. The van der Waals surface area contributed by atoms with Crippen LogP contribution in [0, 0.1) is 11.2 Å². The van der Waals surface area contributed by atoms with E-state index in [1.165, 1.54) is 11.0 Å². The Kier molecular flexibility index (Phi) is 5.91. The van der Waals surface area contributed by atoms with Crippen LogP contribution in [-0.4, -0.2) is 59.6 Å². The Hall–Kier alpha value is -1.86. The predicted molar refractivity (Wildman–Crippen MR) is 100 cm³/mol. The molecule has 2 unspecified atom stereocenters. The number of aliphatic carboxylic acids is 1. The van der Waals surface area contributed by atoms with Crippen LogP contribution in [-0.2, 0) is 4.79 Å². The van der Waals surface area contributed by atoms with E-state index >= 15 is 0 Å². The van der Waals surface area contributed by atoms with Gasteiger partial charge in [-0.25, -0.2) is 9.18 Å². The van der Waals surface area contributed by atoms with Crippen molar-refractivity contribution in [3.8, 4) is 0 Å². The number of amides is 2. The van der Waals surface area contributed by atoms with Crippen molar-refractivity contribution in [1.82, 2.24) is 15.1 Å². The van der Waals surface area contributed by atoms with Crippen LogP contribution >= 0.6 is 11.6 Å². The maximum atomic E-state index is 14.5. The molecule has 3 rings (SSSR count). The molecule has 2 saturated heterocycles. The number of nitrogens with one attached hydrogen (secondary N) is 1. The first-order valence-electron chi connectivity index (χ1n) is 9.26. The van der Waals surface area contributed by atoms with Crippen molar-refractivity contribution in [2.24, 2.45) is 5.41 Å². The maximum absolute atomic E-state index is 14.5. The van der Waals surface area contributed by atoms with Gasteiger partial charge in [-0.15, -0.1) is 0 Å². The molecule has 6 nitrogen and oxygen atoms in total. The van der Waals surface area contributed by atoms with E-state index in [1.54, 1.807) is 19.1 Å². The minimum absolute atomic E-state index is 0.170. The summed E-state index contributed by atoms with van der Waals surface area (Å²) in [5, 5.41) is 12.5. The van der Waals surface area contributed by atoms with Crippen LogP contribution < -0.4 is 5.32 Å². The van der Waals surface area contributed by atoms with Crippen molar-refractivity contribution in [2.45, 2.75) is 32.2 Å². The summed E-state index contributed by atoms with van der Waals surface area (Å²) in [6.45, 7) is 4.08. The lowest BCUT2D eigenvalue weighted by Gasteiger charge is -2.30. The third-order valence-corrected chi connectivity index (χ3v) is 5.97. The largest absolute Gasteiger partial charge is 0.481 e. The normalized spacial score (nSPS) is 24.2. The summed E-state index contributed by atoms with van der Waals surface area (Å²) in [6, 6.07) is 3.93. The topological polar surface area (TPSA) is 72.9 Å². The van der Waals surface area contributed by atoms with E-state index in [0.717, 1.165) is 25.9 Å². The van der Waals surface area contributed by atoms with E-state index in [-0.39, 0.29) is 31.0 Å². The summed E-state index contributed by atoms with van der Waals surface area (Å²) < 4.78 is 14.5. The van der Waals surface area contributed by atoms with Gasteiger partial charge in [-0.05, 0) is 51.4 Å². The quantitative estimate of drug-likeness (QED) is 0.800. The first kappa shape index (κ1) is 19.9. The smallest absolute Gasteiger partial charge is 0.317 e. The maximum Gasteiger partial charge on any atom is 0.317 e. The minimum Gasteiger partial charge on any atom is -0.481 e. The third kappa shape index (κ3) is 4.19. The van der Waals surface area contributed by atoms with Crippen LogP contribution in [0.15, 0.2) is 18.2 Å². The number of nitrogens with zero attached hydrogens (tertiary/aromatic N) is 2. The molecule has 2 heterocycles. The third-order valence-electron chi connectivity index (χ3n) is 5.64. The second-order valence-corrected chi connectivity index (χ2v) is 8.02. The fourth-order valence-corrected chi connectivity index (χ4v) is 4.19. The van der Waals surface area contributed by atoms with Crippen molar-refractivity contribution in [3.63, 3.8) is 0 Å². The van der Waals surface area contributed by atoms with E-state index < -0.39 is 11.4 Å². The zero-order valence-electron chi connectivity index (χ0n) is 15.4. The summed E-state index contributed by atoms with van der Waals surface area (Å²) in [5.74, 6) is -1.28. The Morgan fingerprint density at radius 2 is 2.04 bits per heavy atom. The van der Waals surface area contributed by atoms with Gasteiger partial charge in [0, 0.05) is 30.2 Å². The highest BCUT2D eigenvalue weighted by molar-refractivity contribution is 6.31. The fraction of sp³-hybridized carbons (Fsp3) is 0.579. The number of hydrogen-bond donors (Lipinski definition) is 2. The Bertz CT molecular complexity index is 706. The molecule has 2 atom stereocenters. The van der Waals surface area contributed by atoms with Gasteiger partial charge in [-0.1, -0.05) is 17.7 Å². The molecule has 2 fully saturated rings. The van der Waals surface area contributed by atoms with Gasteiger partial charge >= 0.3 is 12.0 Å². The molecule has 0 bridgehead atoms. The molecular formula is C19H25ClFN3O3. The highest BCUT2D eigenvalue weighted by atomic mass is 35.5. The Morgan fingerprint density at radius 1 is 1.33 bits per heavy atom. The molecule has 0 saturated carbocycles. The zero-order chi connectivity index (χ0) is 19.6. The molecule has 0 aromatic heterocycles. The van der Waals surface area contributed by atoms with Crippen LogP contribution in [0.5, 0.6) is 0 Å². The number of carbonyl (C=O) groups excluding carboxylic acids is 1. The van der Waals surface area contributed by atoms with Gasteiger partial charge in [-0.2, -0.15) is 0 Å². The first-order chi connectivity index (χ1) is 12.8. The molecule has 1 aromatic rings. The van der Waals surface area contributed by atoms with Gasteiger partial charge in [0.15, 0.2) is 0 Å². The van der Waals surface area contributed by atoms with Crippen LogP contribution in [0.1, 0.15) is 37.8 Å². The average molecular weight is 398 g/mol. The monoisotopic (exact) mass is 397 g/mol. The fourth-order valence-electron chi connectivity index (χ4n) is 3.90. The minimum atomic E-state index is -0.916. The molecule has 2 N–H and O–H groups in total. The van der Waals surface area contributed by atoms with Crippen molar-refractivity contribution in [1.29, 1.82) is 0 Å². The number of rotatable bonds is 5. The molecule has 8 heteroatoms. The molecule has 0 radical (unpaired) electrons. The number of hydrogen-bond acceptors (Lipinski definition) is 3. The van der Waals surface area contributed by atoms with Crippen LogP contribution in [0.3, 0.4) is 0 Å². The van der Waals surface area contributed by atoms with Gasteiger partial charge < -0.3 is 15.3 Å². The SMILES string of the molecule is CC1(C(=O)O)CCN(C(=O)NCC(c2c(F)cccc2Cl)N2CCCC2)C1. The predicted octanol–water partition coefficient (Wildman–Crippen LogP) is 3.12. The molecule has 148 valence electrons. The Balaban J connectivity index is 1.70. The highest BCUT2D eigenvalue weighted by Gasteiger charge is 2.42. The van der Waals surface area contributed by atoms with Gasteiger partial charge in [0.2, 0.25) is 0 Å². The number of carboxylic acid groups (broad SMARTS) is 1. The Labute approximate surface area is 163 Å². The van der Waals surface area contributed by atoms with E-state index in [1.807, 2.05) is 0 Å². The zero-order valence-corrected chi connectivity index (χ0v) is 16.1. The highest BCUT2D eigenvalue weighted by Crippen LogP contribution is 2.33. The lowest BCUT2D eigenvalue weighted by atomic mass is 9.90. The molecule has 27 heavy (non-hydrogen) atoms. The van der Waals surface area contributed by atoms with Gasteiger partial charge in [0.1, 0.15) is 5.82 Å². The molecular weight excluding hydrogens is 373 g/mol.